The van der Waals surface area contributed by atoms with Crippen molar-refractivity contribution < 1.29 is 0 Å². The van der Waals surface area contributed by atoms with Crippen LogP contribution in [-0.4, -0.2) is 7.85 Å². The molecule has 0 spiro atoms. The highest BCUT2D eigenvalue weighted by atomic mass is 14.5. The lowest BCUT2D eigenvalue weighted by molar-refractivity contribution is 0.769. The Labute approximate surface area is 155 Å². The van der Waals surface area contributed by atoms with Gasteiger partial charge in [-0.25, -0.2) is 0 Å². The highest BCUT2D eigenvalue weighted by molar-refractivity contribution is 6.32. The summed E-state index contributed by atoms with van der Waals surface area (Å²) >= 11 is 0. The Kier molecular flexibility index (Phi) is 3.36. The first-order valence-electron chi connectivity index (χ1n) is 8.93. The van der Waals surface area contributed by atoms with Crippen LogP contribution in [0.1, 0.15) is 22.3 Å². The third-order valence-electron chi connectivity index (χ3n) is 5.50. The third kappa shape index (κ3) is 1.98. The van der Waals surface area contributed by atoms with Gasteiger partial charge in [-0.05, 0) is 33.4 Å². The van der Waals surface area contributed by atoms with E-state index >= 15 is 0 Å². The second kappa shape index (κ2) is 5.74. The van der Waals surface area contributed by atoms with Crippen molar-refractivity contribution in [3.63, 3.8) is 0 Å². The molecule has 0 aromatic heterocycles. The number of fused-ring (bicyclic) bond motifs is 3. The Morgan fingerprint density at radius 1 is 0.462 bits per heavy atom. The van der Waals surface area contributed by atoms with Gasteiger partial charge >= 0.3 is 0 Å². The van der Waals surface area contributed by atoms with Crippen molar-refractivity contribution in [3.05, 3.63) is 125 Å². The summed E-state index contributed by atoms with van der Waals surface area (Å²) in [6, 6.07) is 36.6. The SMILES string of the molecule is [B]c1ccc(C2(c3ccccc3)c3ccccc3-c3ccccc32)cc1. The van der Waals surface area contributed by atoms with Crippen LogP contribution in [-0.2, 0) is 5.41 Å². The molecule has 0 amide bonds. The van der Waals surface area contributed by atoms with Crippen molar-refractivity contribution in [1.29, 1.82) is 0 Å². The Morgan fingerprint density at radius 3 is 1.50 bits per heavy atom. The molecule has 120 valence electrons. The Morgan fingerprint density at radius 2 is 0.923 bits per heavy atom. The molecule has 0 heterocycles. The molecule has 0 unspecified atom stereocenters. The van der Waals surface area contributed by atoms with Crippen LogP contribution >= 0.6 is 0 Å². The summed E-state index contributed by atoms with van der Waals surface area (Å²) in [6.45, 7) is 0. The van der Waals surface area contributed by atoms with Crippen molar-refractivity contribution in [3.8, 4) is 11.1 Å². The molecule has 0 N–H and O–H groups in total. The van der Waals surface area contributed by atoms with Gasteiger partial charge in [0.2, 0.25) is 0 Å². The summed E-state index contributed by atoms with van der Waals surface area (Å²) in [5, 5.41) is 0. The Hall–Kier alpha value is -3.06. The van der Waals surface area contributed by atoms with Gasteiger partial charge in [-0.2, -0.15) is 0 Å². The van der Waals surface area contributed by atoms with Gasteiger partial charge in [-0.3, -0.25) is 0 Å². The van der Waals surface area contributed by atoms with E-state index < -0.39 is 0 Å². The van der Waals surface area contributed by atoms with Crippen molar-refractivity contribution in [1.82, 2.24) is 0 Å². The Bertz CT molecular complexity index is 1030. The van der Waals surface area contributed by atoms with Gasteiger partial charge in [0.1, 0.15) is 7.85 Å². The number of hydrogen-bond acceptors (Lipinski definition) is 0. The highest BCUT2D eigenvalue weighted by Gasteiger charge is 2.45. The van der Waals surface area contributed by atoms with Gasteiger partial charge in [0.25, 0.3) is 0 Å². The van der Waals surface area contributed by atoms with E-state index in [-0.39, 0.29) is 5.41 Å². The van der Waals surface area contributed by atoms with E-state index in [9.17, 15) is 0 Å². The normalized spacial score (nSPS) is 13.8. The molecule has 0 aliphatic heterocycles. The van der Waals surface area contributed by atoms with Gasteiger partial charge in [0.15, 0.2) is 0 Å². The molecule has 0 fully saturated rings. The molecular formula is C25H17B. The number of rotatable bonds is 2. The lowest BCUT2D eigenvalue weighted by Crippen LogP contribution is -2.28. The van der Waals surface area contributed by atoms with E-state index in [0.29, 0.717) is 0 Å². The molecule has 26 heavy (non-hydrogen) atoms. The zero-order valence-electron chi connectivity index (χ0n) is 14.4. The molecule has 1 heteroatoms. The maximum absolute atomic E-state index is 6.00. The number of hydrogen-bond donors (Lipinski definition) is 0. The number of benzene rings is 4. The molecule has 1 aliphatic rings. The smallest absolute Gasteiger partial charge is 0.0967 e. The predicted octanol–water partition coefficient (Wildman–Crippen LogP) is 4.84. The minimum atomic E-state index is -0.317. The predicted molar refractivity (Wildman–Crippen MR) is 109 cm³/mol. The quantitative estimate of drug-likeness (QED) is 0.407. The minimum absolute atomic E-state index is 0.317. The molecule has 0 saturated heterocycles. The molecule has 5 rings (SSSR count). The second-order valence-corrected chi connectivity index (χ2v) is 6.83. The van der Waals surface area contributed by atoms with Crippen LogP contribution in [0.4, 0.5) is 0 Å². The van der Waals surface area contributed by atoms with Crippen molar-refractivity contribution in [2.75, 3.05) is 0 Å². The average molecular weight is 328 g/mol. The molecule has 0 saturated carbocycles. The second-order valence-electron chi connectivity index (χ2n) is 6.83. The minimum Gasteiger partial charge on any atom is -0.0967 e. The van der Waals surface area contributed by atoms with Gasteiger partial charge in [0.05, 0.1) is 5.41 Å². The van der Waals surface area contributed by atoms with Gasteiger partial charge in [-0.1, -0.05) is 109 Å². The van der Waals surface area contributed by atoms with Crippen LogP contribution in [0.5, 0.6) is 0 Å². The van der Waals surface area contributed by atoms with Crippen LogP contribution in [0.2, 0.25) is 0 Å². The van der Waals surface area contributed by atoms with E-state index in [1.165, 1.54) is 33.4 Å². The molecule has 4 aromatic carbocycles. The van der Waals surface area contributed by atoms with Gasteiger partial charge < -0.3 is 0 Å². The maximum atomic E-state index is 6.00. The monoisotopic (exact) mass is 328 g/mol. The first kappa shape index (κ1) is 15.2. The first-order valence-corrected chi connectivity index (χ1v) is 8.93. The molecule has 0 atom stereocenters. The fourth-order valence-corrected chi connectivity index (χ4v) is 4.45. The molecule has 0 bridgehead atoms. The molecule has 1 aliphatic carbocycles. The first-order chi connectivity index (χ1) is 12.8. The van der Waals surface area contributed by atoms with E-state index in [4.69, 9.17) is 7.85 Å². The highest BCUT2D eigenvalue weighted by Crippen LogP contribution is 2.55. The zero-order valence-corrected chi connectivity index (χ0v) is 14.4. The summed E-state index contributed by atoms with van der Waals surface area (Å²) in [5.41, 5.74) is 8.28. The van der Waals surface area contributed by atoms with Crippen molar-refractivity contribution in [2.24, 2.45) is 0 Å². The lowest BCUT2D eigenvalue weighted by atomic mass is 9.67. The van der Waals surface area contributed by atoms with E-state index in [0.717, 1.165) is 5.46 Å². The van der Waals surface area contributed by atoms with Gasteiger partial charge in [0, 0.05) is 0 Å². The third-order valence-corrected chi connectivity index (χ3v) is 5.50. The van der Waals surface area contributed by atoms with Crippen LogP contribution in [0.3, 0.4) is 0 Å². The molecule has 4 aromatic rings. The summed E-state index contributed by atoms with van der Waals surface area (Å²) in [4.78, 5) is 0. The zero-order chi connectivity index (χ0) is 17.6. The Balaban J connectivity index is 1.96. The van der Waals surface area contributed by atoms with Crippen LogP contribution in [0.25, 0.3) is 11.1 Å². The van der Waals surface area contributed by atoms with Crippen molar-refractivity contribution >= 4 is 13.3 Å². The van der Waals surface area contributed by atoms with Crippen molar-refractivity contribution in [2.45, 2.75) is 5.41 Å². The fourth-order valence-electron chi connectivity index (χ4n) is 4.45. The van der Waals surface area contributed by atoms with Crippen LogP contribution in [0, 0.1) is 0 Å². The summed E-state index contributed by atoms with van der Waals surface area (Å²) in [7, 11) is 6.00. The topological polar surface area (TPSA) is 0 Å². The largest absolute Gasteiger partial charge is 0.113 e. The average Bonchev–Trinajstić information content (AvgIpc) is 3.01. The lowest BCUT2D eigenvalue weighted by Gasteiger charge is -2.33. The fraction of sp³-hybridized carbons (Fsp3) is 0.0400. The molecule has 0 nitrogen and oxygen atoms in total. The maximum Gasteiger partial charge on any atom is 0.113 e. The van der Waals surface area contributed by atoms with E-state index in [1.54, 1.807) is 0 Å². The van der Waals surface area contributed by atoms with Crippen LogP contribution < -0.4 is 5.46 Å². The van der Waals surface area contributed by atoms with Gasteiger partial charge in [-0.15, -0.1) is 0 Å². The standard InChI is InChI=1S/C25H17B/c26-20-16-14-19(15-17-20)25(18-8-2-1-3-9-18)23-12-6-4-10-21(23)22-11-5-7-13-24(22)25/h1-17H. The van der Waals surface area contributed by atoms with E-state index in [2.05, 4.69) is 91.0 Å². The molecule has 2 radical (unpaired) electrons. The summed E-state index contributed by atoms with van der Waals surface area (Å²) in [6.07, 6.45) is 0. The summed E-state index contributed by atoms with van der Waals surface area (Å²) in [5.74, 6) is 0. The van der Waals surface area contributed by atoms with E-state index in [1.807, 2.05) is 12.1 Å². The summed E-state index contributed by atoms with van der Waals surface area (Å²) < 4.78 is 0. The van der Waals surface area contributed by atoms with Crippen LogP contribution in [0.15, 0.2) is 103 Å². The molecular weight excluding hydrogens is 311 g/mol.